The summed E-state index contributed by atoms with van der Waals surface area (Å²) in [5.41, 5.74) is 1.44. The summed E-state index contributed by atoms with van der Waals surface area (Å²) in [5.74, 6) is 6.33. The second-order valence-corrected chi connectivity index (χ2v) is 8.30. The van der Waals surface area contributed by atoms with Crippen molar-refractivity contribution in [3.05, 3.63) is 60.2 Å². The zero-order valence-electron chi connectivity index (χ0n) is 16.3. The van der Waals surface area contributed by atoms with Crippen molar-refractivity contribution in [1.29, 1.82) is 0 Å². The first-order valence-electron chi connectivity index (χ1n) is 8.57. The van der Waals surface area contributed by atoms with Gasteiger partial charge in [0, 0.05) is 18.5 Å². The minimum atomic E-state index is -4.64. The van der Waals surface area contributed by atoms with Crippen LogP contribution in [0.2, 0.25) is 0 Å². The summed E-state index contributed by atoms with van der Waals surface area (Å²) in [4.78, 5) is 23.9. The van der Waals surface area contributed by atoms with E-state index in [1.54, 1.807) is 0 Å². The highest BCUT2D eigenvalue weighted by Crippen LogP contribution is 2.25. The molecule has 2 aromatic carbocycles. The molecule has 6 heteroatoms. The van der Waals surface area contributed by atoms with Gasteiger partial charge in [0.15, 0.2) is 0 Å². The molecule has 146 valence electrons. The highest BCUT2D eigenvalue weighted by atomic mass is 31.2. The Morgan fingerprint density at radius 2 is 1.67 bits per heavy atom. The molecule has 27 heavy (non-hydrogen) atoms. The van der Waals surface area contributed by atoms with E-state index in [4.69, 9.17) is 19.2 Å². The van der Waals surface area contributed by atoms with Crippen LogP contribution >= 0.6 is 7.82 Å². The Labute approximate surface area is 161 Å². The van der Waals surface area contributed by atoms with Crippen LogP contribution < -0.4 is 0 Å². The van der Waals surface area contributed by atoms with Gasteiger partial charge in [-0.2, -0.15) is 0 Å². The fraction of sp³-hybridized carbons (Fsp3) is 0.333. The van der Waals surface area contributed by atoms with Crippen LogP contribution in [0.15, 0.2) is 54.6 Å². The minimum absolute atomic E-state index is 0.0686. The van der Waals surface area contributed by atoms with Crippen LogP contribution in [0.3, 0.4) is 0 Å². The monoisotopic (exact) mass is 389 g/mol. The first kappa shape index (κ1) is 23.1. The molecule has 0 aromatic heterocycles. The number of likely N-dealkylation sites (N-methyl/N-ethyl adjacent to an activating group) is 1. The molecular weight excluding hydrogens is 361 g/mol. The van der Waals surface area contributed by atoms with Gasteiger partial charge in [0.05, 0.1) is 0 Å². The first-order valence-corrected chi connectivity index (χ1v) is 10.1. The highest BCUT2D eigenvalue weighted by molar-refractivity contribution is 7.45. The Bertz CT molecular complexity index is 855. The number of hydrogen-bond donors (Lipinski definition) is 3. The number of benzene rings is 2. The Morgan fingerprint density at radius 3 is 2.30 bits per heavy atom. The molecule has 0 saturated heterocycles. The molecule has 0 aliphatic heterocycles. The number of nitrogens with zero attached hydrogens (tertiary/aromatic N) is 1. The van der Waals surface area contributed by atoms with Crippen LogP contribution in [0.5, 0.6) is 0 Å². The van der Waals surface area contributed by atoms with E-state index in [-0.39, 0.29) is 5.41 Å². The van der Waals surface area contributed by atoms with E-state index in [1.807, 2.05) is 6.08 Å². The number of hydrogen-bond acceptors (Lipinski definition) is 2. The van der Waals surface area contributed by atoms with Crippen molar-refractivity contribution in [2.45, 2.75) is 27.3 Å². The molecular formula is C21H28NO4P. The molecule has 0 radical (unpaired) electrons. The number of allylic oxidation sites excluding steroid dienone is 1. The standard InChI is InChI=1S/C21H25N.H3O4P/c1-21(2,3)15-8-5-9-16-22(4)17-19-13-10-12-18-11-6-7-14-20(18)19;1-5(2,3)4/h5-7,9-14H,16-17H2,1-4H3;(H3,1,2,3,4)/b9-5+;. The Morgan fingerprint density at radius 1 is 1.07 bits per heavy atom. The van der Waals surface area contributed by atoms with E-state index in [2.05, 4.69) is 93.1 Å². The third-order valence-electron chi connectivity index (χ3n) is 3.39. The first-order chi connectivity index (χ1) is 12.5. The van der Waals surface area contributed by atoms with Crippen LogP contribution in [0.1, 0.15) is 26.3 Å². The minimum Gasteiger partial charge on any atom is -0.303 e. The average molecular weight is 389 g/mol. The van der Waals surface area contributed by atoms with Crippen LogP contribution in [-0.4, -0.2) is 33.2 Å². The second-order valence-electron chi connectivity index (χ2n) is 7.27. The van der Waals surface area contributed by atoms with Crippen molar-refractivity contribution in [2.75, 3.05) is 13.6 Å². The predicted molar refractivity (Wildman–Crippen MR) is 111 cm³/mol. The van der Waals surface area contributed by atoms with Gasteiger partial charge in [-0.1, -0.05) is 60.4 Å². The van der Waals surface area contributed by atoms with Crippen LogP contribution in [0.4, 0.5) is 0 Å². The van der Waals surface area contributed by atoms with E-state index in [0.29, 0.717) is 0 Å². The molecule has 5 nitrogen and oxygen atoms in total. The molecule has 0 bridgehead atoms. The number of phosphoric acid groups is 1. The van der Waals surface area contributed by atoms with Gasteiger partial charge in [-0.05, 0) is 50.2 Å². The van der Waals surface area contributed by atoms with E-state index in [9.17, 15) is 0 Å². The average Bonchev–Trinajstić information content (AvgIpc) is 2.52. The summed E-state index contributed by atoms with van der Waals surface area (Å²) >= 11 is 0. The summed E-state index contributed by atoms with van der Waals surface area (Å²) in [5, 5.41) is 2.65. The van der Waals surface area contributed by atoms with Crippen molar-refractivity contribution < 1.29 is 19.2 Å². The van der Waals surface area contributed by atoms with Crippen molar-refractivity contribution in [2.24, 2.45) is 5.41 Å². The largest absolute Gasteiger partial charge is 0.466 e. The zero-order chi connectivity index (χ0) is 20.5. The Balaban J connectivity index is 0.000000646. The summed E-state index contributed by atoms with van der Waals surface area (Å²) < 4.78 is 8.88. The van der Waals surface area contributed by atoms with E-state index < -0.39 is 7.82 Å². The summed E-state index contributed by atoms with van der Waals surface area (Å²) in [6.07, 6.45) is 4.09. The maximum Gasteiger partial charge on any atom is 0.466 e. The normalized spacial score (nSPS) is 11.9. The molecule has 0 aliphatic rings. The molecule has 0 atom stereocenters. The lowest BCUT2D eigenvalue weighted by molar-refractivity contribution is 0.275. The van der Waals surface area contributed by atoms with Gasteiger partial charge in [-0.3, -0.25) is 4.90 Å². The van der Waals surface area contributed by atoms with Gasteiger partial charge in [-0.25, -0.2) is 4.57 Å². The van der Waals surface area contributed by atoms with Crippen molar-refractivity contribution in [3.8, 4) is 11.8 Å². The quantitative estimate of drug-likeness (QED) is 0.545. The zero-order valence-corrected chi connectivity index (χ0v) is 17.1. The van der Waals surface area contributed by atoms with Gasteiger partial charge in [0.2, 0.25) is 0 Å². The molecule has 0 amide bonds. The molecule has 0 spiro atoms. The summed E-state index contributed by atoms with van der Waals surface area (Å²) in [6.45, 7) is 8.22. The second kappa shape index (κ2) is 10.4. The van der Waals surface area contributed by atoms with Crippen LogP contribution in [0, 0.1) is 17.3 Å². The SMILES string of the molecule is CN(C/C=C/C#CC(C)(C)C)Cc1cccc2ccccc12.O=P(O)(O)O. The lowest BCUT2D eigenvalue weighted by atomic mass is 9.98. The van der Waals surface area contributed by atoms with E-state index in [1.165, 1.54) is 16.3 Å². The Kier molecular flexibility index (Phi) is 8.92. The Hall–Kier alpha value is -1.93. The van der Waals surface area contributed by atoms with Gasteiger partial charge in [0.25, 0.3) is 0 Å². The molecule has 0 aliphatic carbocycles. The molecule has 2 rings (SSSR count). The highest BCUT2D eigenvalue weighted by Gasteiger charge is 2.04. The molecule has 2 aromatic rings. The predicted octanol–water partition coefficient (Wildman–Crippen LogP) is 3.95. The van der Waals surface area contributed by atoms with Gasteiger partial charge >= 0.3 is 7.82 Å². The maximum atomic E-state index is 8.88. The van der Waals surface area contributed by atoms with Crippen molar-refractivity contribution >= 4 is 18.6 Å². The lowest BCUT2D eigenvalue weighted by Crippen LogP contribution is -2.17. The fourth-order valence-electron chi connectivity index (χ4n) is 2.34. The number of rotatable bonds is 4. The van der Waals surface area contributed by atoms with E-state index >= 15 is 0 Å². The fourth-order valence-corrected chi connectivity index (χ4v) is 2.34. The molecule has 0 unspecified atom stereocenters. The molecule has 0 saturated carbocycles. The molecule has 3 N–H and O–H groups in total. The lowest BCUT2D eigenvalue weighted by Gasteiger charge is -2.15. The maximum absolute atomic E-state index is 8.88. The topological polar surface area (TPSA) is 81.0 Å². The third kappa shape index (κ3) is 11.4. The van der Waals surface area contributed by atoms with Gasteiger partial charge in [0.1, 0.15) is 0 Å². The molecule has 0 fully saturated rings. The van der Waals surface area contributed by atoms with Crippen molar-refractivity contribution in [1.82, 2.24) is 4.90 Å². The summed E-state index contributed by atoms with van der Waals surface area (Å²) in [7, 11) is -2.50. The van der Waals surface area contributed by atoms with Gasteiger partial charge in [-0.15, -0.1) is 0 Å². The van der Waals surface area contributed by atoms with Crippen LogP contribution in [-0.2, 0) is 11.1 Å². The summed E-state index contributed by atoms with van der Waals surface area (Å²) in [6, 6.07) is 15.1. The van der Waals surface area contributed by atoms with Gasteiger partial charge < -0.3 is 14.7 Å². The number of fused-ring (bicyclic) bond motifs is 1. The third-order valence-corrected chi connectivity index (χ3v) is 3.39. The van der Waals surface area contributed by atoms with Crippen LogP contribution in [0.25, 0.3) is 10.8 Å². The molecule has 0 heterocycles. The van der Waals surface area contributed by atoms with Crippen molar-refractivity contribution in [3.63, 3.8) is 0 Å². The smallest absolute Gasteiger partial charge is 0.303 e. The van der Waals surface area contributed by atoms with E-state index in [0.717, 1.165) is 13.1 Å².